The van der Waals surface area contributed by atoms with E-state index in [9.17, 15) is 91.6 Å². The first-order valence-corrected chi connectivity index (χ1v) is 47.4. The number of fused-ring (bicyclic) bond motifs is 6. The maximum Gasteiger partial charge on any atom is 0.297 e. The molecule has 2 aromatic heterocycles. The van der Waals surface area contributed by atoms with Gasteiger partial charge < -0.3 is 41.4 Å². The van der Waals surface area contributed by atoms with E-state index in [1.807, 2.05) is 189 Å². The fourth-order valence-corrected chi connectivity index (χ4v) is 16.8. The van der Waals surface area contributed by atoms with Gasteiger partial charge in [0.25, 0.3) is 87.6 Å². The van der Waals surface area contributed by atoms with Crippen LogP contribution in [0.25, 0.3) is 33.4 Å². The molecule has 0 saturated carbocycles. The van der Waals surface area contributed by atoms with Gasteiger partial charge in [0.1, 0.15) is 47.7 Å². The Bertz CT molecular complexity index is 7820. The summed E-state index contributed by atoms with van der Waals surface area (Å²) in [5.74, 6) is -8.99. The van der Waals surface area contributed by atoms with Gasteiger partial charge in [-0.1, -0.05) is 216 Å². The number of benzene rings is 10. The molecule has 4 heterocycles. The number of pyridine rings is 2. The van der Waals surface area contributed by atoms with Crippen molar-refractivity contribution in [2.75, 3.05) is 21.3 Å². The first-order valence-electron chi connectivity index (χ1n) is 46.6. The molecule has 0 atom stereocenters. The van der Waals surface area contributed by atoms with Crippen molar-refractivity contribution in [1.29, 1.82) is 0 Å². The maximum atomic E-state index is 12.7. The molecule has 10 amide bonds. The summed E-state index contributed by atoms with van der Waals surface area (Å²) in [6.45, 7) is 6.22. The molecule has 0 fully saturated rings. The number of amides is 10. The van der Waals surface area contributed by atoms with Gasteiger partial charge in [-0.2, -0.15) is 0 Å². The number of aromatic nitrogens is 2. The molecule has 32 nitrogen and oxygen atoms in total. The molecular formula is C116H90BrN11O21. The van der Waals surface area contributed by atoms with E-state index >= 15 is 0 Å². The Kier molecular flexibility index (Phi) is 33.6. The van der Waals surface area contributed by atoms with Crippen molar-refractivity contribution >= 4 is 178 Å². The topological polar surface area (TPSA) is 474 Å². The van der Waals surface area contributed by atoms with Crippen molar-refractivity contribution in [3.63, 3.8) is 0 Å². The Morgan fingerprint density at radius 3 is 1.08 bits per heavy atom. The molecule has 10 aromatic carbocycles. The molecule has 0 bridgehead atoms. The second-order valence-corrected chi connectivity index (χ2v) is 35.3. The highest BCUT2D eigenvalue weighted by molar-refractivity contribution is 9.10. The lowest BCUT2D eigenvalue weighted by Crippen LogP contribution is -2.42. The standard InChI is InChI=1S/C24H20N2O3.C23H18N2O3.C19H15NO3.C18H15NO2.C16H11BrN2O4.C16H11N3O6/c1-16-11-12-25-22(13-16)26-24(28)23(27)20-10-8-18-7-9-19(14-21(18)20)29-15-17-5-3-2-4-6-17;26-22(23(27)25-21-8-4-5-13-24-21)19-12-10-17-9-11-18(14-20(17)19)28-15-16-6-2-1-3-7-16;1-12(21)14-8-7-13-9-10-16(17(13)11-14)18(22)19(23)20-15-5-3-2-4-6-15;1-12-7-8-13-9-10-15(16(13)11-12)17(20)18(21)19-14-5-3-2-4-6-14;17-9-3-1-8-2-4-10(11(8)7-9)14(21)16(23)18-12-5-6-13(20)19-15(12)22;20-13-6-5-12(15(22)18-13)17-16(23)14(21)10-4-2-8-1-3-9(19(24)25)7-11(8)10/h2-7,9-14H,8,15H2,1H3,(H,25,26,28);1-9,11-14H,10,15H2,(H,24,25,27);2-8,10-11H,9H2,1H3,(H,20,23);2-8,10-11H,9H2,1H3,(H,19,21);1,3-5,7H,2,6H2,(H,18,23)(H,19,20,22);1,3-5,7H,2,6H2,(H,17,23)(H,18,20,22). The minimum absolute atomic E-state index is 0.0198. The van der Waals surface area contributed by atoms with Crippen LogP contribution in [0, 0.1) is 24.0 Å². The number of nitrogens with zero attached hydrogens (tertiary/aromatic N) is 3. The fourth-order valence-electron chi connectivity index (χ4n) is 16.5. The van der Waals surface area contributed by atoms with Gasteiger partial charge in [-0.3, -0.25) is 102 Å². The zero-order valence-electron chi connectivity index (χ0n) is 80.0. The van der Waals surface area contributed by atoms with Crippen molar-refractivity contribution in [1.82, 2.24) is 31.2 Å². The summed E-state index contributed by atoms with van der Waals surface area (Å²) in [4.78, 5) is 223. The average Bonchev–Trinajstić information content (AvgIpc) is 1.69. The van der Waals surface area contributed by atoms with Gasteiger partial charge in [0.15, 0.2) is 5.78 Å². The molecular weight excluding hydrogens is 1960 g/mol. The van der Waals surface area contributed by atoms with Crippen LogP contribution in [-0.4, -0.2) is 114 Å². The average molecular weight is 2050 g/mol. The van der Waals surface area contributed by atoms with Gasteiger partial charge in [0, 0.05) is 92.2 Å². The van der Waals surface area contributed by atoms with Crippen LogP contribution in [-0.2, 0) is 128 Å². The molecule has 0 spiro atoms. The zero-order valence-corrected chi connectivity index (χ0v) is 81.5. The lowest BCUT2D eigenvalue weighted by molar-refractivity contribution is -0.384. The van der Waals surface area contributed by atoms with Crippen LogP contribution >= 0.6 is 15.9 Å². The number of allylic oxidation sites excluding steroid dienone is 6. The number of imide groups is 2. The number of nitrogens with one attached hydrogen (secondary N) is 8. The highest BCUT2D eigenvalue weighted by Crippen LogP contribution is 2.38. The lowest BCUT2D eigenvalue weighted by atomic mass is 9.98. The number of halogens is 1. The third kappa shape index (κ3) is 26.6. The summed E-state index contributed by atoms with van der Waals surface area (Å²) in [5.41, 5.74) is 17.2. The fraction of sp³-hybridized carbons (Fsp3) is 0.112. The monoisotopic (exact) mass is 2050 g/mol. The molecule has 742 valence electrons. The van der Waals surface area contributed by atoms with Gasteiger partial charge in [-0.15, -0.1) is 0 Å². The molecule has 12 aromatic rings. The van der Waals surface area contributed by atoms with Gasteiger partial charge in [-0.25, -0.2) is 9.97 Å². The van der Waals surface area contributed by atoms with Crippen molar-refractivity contribution in [2.24, 2.45) is 0 Å². The normalized spacial score (nSPS) is 13.4. The van der Waals surface area contributed by atoms with E-state index in [4.69, 9.17) is 9.47 Å². The SMILES string of the molecule is CC(=O)c1ccc2c(c1)C(C(=O)C(=O)Nc1ccccc1)=CC2.Cc1ccc2c(c1)C(C(=O)C(=O)Nc1ccccc1)=CC2.Cc1ccnc(NC(=O)C(=O)C2=CCc3ccc(OCc4ccccc4)cc32)c1.O=C(Nc1ccccn1)C(=O)C1=CCc2ccc(OCc3ccccc3)cc21.O=C1CC=C(NC(=O)C(=O)C2=CCc3ccc(Br)cc32)C(=O)N1.O=C1CC=C(NC(=O)C(=O)C2=CCc3ccc([N+](=O)[O-])cc32)C(=O)N1. The largest absolute Gasteiger partial charge is 0.489 e. The molecule has 6 aliphatic carbocycles. The van der Waals surface area contributed by atoms with Crippen LogP contribution in [0.5, 0.6) is 11.5 Å². The Labute approximate surface area is 860 Å². The number of nitro benzene ring substituents is 1. The van der Waals surface area contributed by atoms with E-state index in [1.54, 1.807) is 116 Å². The predicted octanol–water partition coefficient (Wildman–Crippen LogP) is 15.3. The number of carbonyl (C=O) groups excluding carboxylic acids is 17. The van der Waals surface area contributed by atoms with Crippen LogP contribution in [0.1, 0.15) is 119 Å². The molecule has 8 aliphatic rings. The van der Waals surface area contributed by atoms with E-state index in [1.165, 1.54) is 43.4 Å². The number of Topliss-reactive ketones (excluding diaryl/α,β-unsaturated/α-hetero) is 7. The summed E-state index contributed by atoms with van der Waals surface area (Å²) in [6, 6.07) is 78.4. The second-order valence-electron chi connectivity index (χ2n) is 34.4. The molecule has 20 rings (SSSR count). The number of nitro groups is 1. The Hall–Kier alpha value is -19.3. The summed E-state index contributed by atoms with van der Waals surface area (Å²) in [7, 11) is 0. The van der Waals surface area contributed by atoms with Crippen LogP contribution < -0.4 is 52.0 Å². The van der Waals surface area contributed by atoms with E-state index in [2.05, 4.69) is 63.1 Å². The number of para-hydroxylation sites is 2. The van der Waals surface area contributed by atoms with Gasteiger partial charge in [0.05, 0.1) is 4.92 Å². The minimum atomic E-state index is -1.05. The summed E-state index contributed by atoms with van der Waals surface area (Å²) < 4.78 is 12.5. The first kappa shape index (κ1) is 104. The number of aryl methyl sites for hydroxylation is 2. The van der Waals surface area contributed by atoms with Gasteiger partial charge in [-0.05, 0) is 246 Å². The van der Waals surface area contributed by atoms with Crippen molar-refractivity contribution < 1.29 is 95.9 Å². The van der Waals surface area contributed by atoms with E-state index in [0.29, 0.717) is 142 Å². The van der Waals surface area contributed by atoms with Crippen molar-refractivity contribution in [2.45, 2.75) is 85.4 Å². The lowest BCUT2D eigenvalue weighted by Gasteiger charge is -2.13. The molecule has 0 saturated heterocycles. The van der Waals surface area contributed by atoms with Crippen molar-refractivity contribution in [3.8, 4) is 11.5 Å². The minimum Gasteiger partial charge on any atom is -0.489 e. The summed E-state index contributed by atoms with van der Waals surface area (Å²) in [5, 5.41) is 29.7. The number of carbonyl (C=O) groups is 17. The number of rotatable bonds is 26. The number of hydrogen-bond acceptors (Lipinski definition) is 23. The Balaban J connectivity index is 0.000000134. The second kappa shape index (κ2) is 48.2. The third-order valence-corrected chi connectivity index (χ3v) is 24.5. The smallest absolute Gasteiger partial charge is 0.297 e. The molecule has 0 radical (unpaired) electrons. The summed E-state index contributed by atoms with van der Waals surface area (Å²) >= 11 is 3.34. The predicted molar refractivity (Wildman–Crippen MR) is 558 cm³/mol. The Morgan fingerprint density at radius 1 is 0.336 bits per heavy atom. The van der Waals surface area contributed by atoms with Crippen LogP contribution in [0.2, 0.25) is 0 Å². The van der Waals surface area contributed by atoms with Crippen LogP contribution in [0.15, 0.2) is 338 Å². The third-order valence-electron chi connectivity index (χ3n) is 24.0. The number of non-ortho nitro benzene ring substituents is 1. The van der Waals surface area contributed by atoms with Gasteiger partial charge in [0.2, 0.25) is 11.8 Å². The van der Waals surface area contributed by atoms with E-state index in [0.717, 1.165) is 71.2 Å². The van der Waals surface area contributed by atoms with Crippen LogP contribution in [0.4, 0.5) is 28.7 Å². The summed E-state index contributed by atoms with van der Waals surface area (Å²) in [6.07, 6.45) is 19.4. The molecule has 8 N–H and O–H groups in total. The van der Waals surface area contributed by atoms with Crippen molar-refractivity contribution in [3.05, 3.63) is 442 Å². The quantitative estimate of drug-likeness (QED) is 0.00820. The highest BCUT2D eigenvalue weighted by atomic mass is 79.9. The molecule has 149 heavy (non-hydrogen) atoms. The van der Waals surface area contributed by atoms with E-state index < -0.39 is 98.7 Å². The highest BCUT2D eigenvalue weighted by Gasteiger charge is 2.35. The van der Waals surface area contributed by atoms with E-state index in [-0.39, 0.29) is 41.3 Å². The Morgan fingerprint density at radius 2 is 0.678 bits per heavy atom. The number of hydrogen-bond donors (Lipinski definition) is 8. The molecule has 33 heteroatoms. The first-order chi connectivity index (χ1) is 71.8. The van der Waals surface area contributed by atoms with Gasteiger partial charge >= 0.3 is 0 Å². The number of ether oxygens (including phenoxy) is 2. The maximum absolute atomic E-state index is 12.7. The van der Waals surface area contributed by atoms with Crippen LogP contribution in [0.3, 0.4) is 0 Å². The molecule has 0 unspecified atom stereocenters. The zero-order chi connectivity index (χ0) is 105. The molecule has 2 aliphatic heterocycles. The number of anilines is 4. The number of ketones is 7.